The molecule has 0 aliphatic rings. The van der Waals surface area contributed by atoms with Crippen molar-refractivity contribution < 1.29 is 14.7 Å². The minimum atomic E-state index is -0.945. The van der Waals surface area contributed by atoms with E-state index in [9.17, 15) is 9.59 Å². The third kappa shape index (κ3) is 8.91. The van der Waals surface area contributed by atoms with Crippen molar-refractivity contribution in [1.82, 2.24) is 5.32 Å². The zero-order chi connectivity index (χ0) is 15.4. The molecule has 0 radical (unpaired) electrons. The maximum atomic E-state index is 11.8. The summed E-state index contributed by atoms with van der Waals surface area (Å²) in [5, 5.41) is 11.7. The number of carbonyl (C=O) groups excluding carboxylic acids is 1. The molecule has 5 nitrogen and oxygen atoms in total. The van der Waals surface area contributed by atoms with Gasteiger partial charge in [0, 0.05) is 6.42 Å². The molecule has 1 amide bonds. The second kappa shape index (κ2) is 11.7. The van der Waals surface area contributed by atoms with Gasteiger partial charge in [-0.15, -0.1) is 0 Å². The van der Waals surface area contributed by atoms with Crippen LogP contribution in [0.2, 0.25) is 0 Å². The van der Waals surface area contributed by atoms with Gasteiger partial charge in [-0.05, 0) is 31.7 Å². The Bertz CT molecular complexity index is 276. The summed E-state index contributed by atoms with van der Waals surface area (Å²) in [6, 6.07) is -0.749. The minimum Gasteiger partial charge on any atom is -0.480 e. The number of carboxylic acid groups (broad SMARTS) is 1. The number of amides is 1. The van der Waals surface area contributed by atoms with Gasteiger partial charge in [0.25, 0.3) is 0 Å². The highest BCUT2D eigenvalue weighted by atomic mass is 16.4. The van der Waals surface area contributed by atoms with Crippen LogP contribution in [0.1, 0.15) is 65.2 Å². The molecule has 0 saturated carbocycles. The van der Waals surface area contributed by atoms with E-state index in [1.165, 1.54) is 0 Å². The zero-order valence-electron chi connectivity index (χ0n) is 12.9. The Morgan fingerprint density at radius 2 is 1.80 bits per heavy atom. The average molecular weight is 286 g/mol. The maximum Gasteiger partial charge on any atom is 0.326 e. The molecule has 0 saturated heterocycles. The number of unbranched alkanes of at least 4 members (excludes halogenated alkanes) is 1. The Morgan fingerprint density at radius 3 is 2.30 bits per heavy atom. The number of rotatable bonds is 12. The van der Waals surface area contributed by atoms with Gasteiger partial charge < -0.3 is 16.2 Å². The predicted molar refractivity (Wildman–Crippen MR) is 80.4 cm³/mol. The highest BCUT2D eigenvalue weighted by molar-refractivity contribution is 5.83. The van der Waals surface area contributed by atoms with Gasteiger partial charge in [-0.1, -0.05) is 39.5 Å². The van der Waals surface area contributed by atoms with E-state index in [2.05, 4.69) is 12.2 Å². The van der Waals surface area contributed by atoms with Gasteiger partial charge >= 0.3 is 5.97 Å². The number of nitrogens with two attached hydrogens (primary N) is 1. The highest BCUT2D eigenvalue weighted by Gasteiger charge is 2.19. The van der Waals surface area contributed by atoms with Gasteiger partial charge in [-0.2, -0.15) is 0 Å². The maximum absolute atomic E-state index is 11.8. The molecular weight excluding hydrogens is 256 g/mol. The Kier molecular flexibility index (Phi) is 11.1. The molecule has 0 aliphatic carbocycles. The lowest BCUT2D eigenvalue weighted by Gasteiger charge is -2.17. The second-order valence-electron chi connectivity index (χ2n) is 5.37. The van der Waals surface area contributed by atoms with Crippen molar-refractivity contribution in [3.63, 3.8) is 0 Å². The van der Waals surface area contributed by atoms with Gasteiger partial charge in [0.05, 0.1) is 0 Å². The molecule has 5 heteroatoms. The minimum absolute atomic E-state index is 0.161. The lowest BCUT2D eigenvalue weighted by atomic mass is 9.94. The van der Waals surface area contributed by atoms with Crippen molar-refractivity contribution in [1.29, 1.82) is 0 Å². The molecule has 0 aliphatic heterocycles. The first-order valence-corrected chi connectivity index (χ1v) is 7.77. The largest absolute Gasteiger partial charge is 0.480 e. The SMILES string of the molecule is CCCC[C@H](NC(=O)CCC(CCC)CCN)C(=O)O. The summed E-state index contributed by atoms with van der Waals surface area (Å²) in [6.45, 7) is 4.76. The molecule has 0 aromatic carbocycles. The van der Waals surface area contributed by atoms with Gasteiger partial charge in [0.1, 0.15) is 6.04 Å². The zero-order valence-corrected chi connectivity index (χ0v) is 12.9. The van der Waals surface area contributed by atoms with Gasteiger partial charge in [-0.25, -0.2) is 4.79 Å². The van der Waals surface area contributed by atoms with Crippen LogP contribution in [0.3, 0.4) is 0 Å². The quantitative estimate of drug-likeness (QED) is 0.513. The van der Waals surface area contributed by atoms with E-state index in [0.717, 1.165) is 38.5 Å². The molecule has 1 unspecified atom stereocenters. The molecule has 118 valence electrons. The lowest BCUT2D eigenvalue weighted by Crippen LogP contribution is -2.40. The van der Waals surface area contributed by atoms with Crippen LogP contribution in [0.25, 0.3) is 0 Å². The van der Waals surface area contributed by atoms with Crippen LogP contribution in [0.15, 0.2) is 0 Å². The first-order chi connectivity index (χ1) is 9.54. The summed E-state index contributed by atoms with van der Waals surface area (Å²) in [5.74, 6) is -0.639. The first kappa shape index (κ1) is 18.9. The van der Waals surface area contributed by atoms with Crippen LogP contribution >= 0.6 is 0 Å². The second-order valence-corrected chi connectivity index (χ2v) is 5.37. The van der Waals surface area contributed by atoms with E-state index in [-0.39, 0.29) is 5.91 Å². The van der Waals surface area contributed by atoms with Crippen molar-refractivity contribution in [3.05, 3.63) is 0 Å². The number of aliphatic carboxylic acids is 1. The number of hydrogen-bond donors (Lipinski definition) is 3. The summed E-state index contributed by atoms with van der Waals surface area (Å²) < 4.78 is 0. The van der Waals surface area contributed by atoms with Crippen molar-refractivity contribution >= 4 is 11.9 Å². The third-order valence-corrected chi connectivity index (χ3v) is 3.53. The van der Waals surface area contributed by atoms with E-state index < -0.39 is 12.0 Å². The fourth-order valence-corrected chi connectivity index (χ4v) is 2.34. The van der Waals surface area contributed by atoms with Gasteiger partial charge in [-0.3, -0.25) is 4.79 Å². The summed E-state index contributed by atoms with van der Waals surface area (Å²) in [5.41, 5.74) is 5.56. The standard InChI is InChI=1S/C15H30N2O3/c1-3-5-7-13(15(19)20)17-14(18)9-8-12(6-4-2)10-11-16/h12-13H,3-11,16H2,1-2H3,(H,17,18)(H,19,20)/t12?,13-/m0/s1. The monoisotopic (exact) mass is 286 g/mol. The van der Waals surface area contributed by atoms with E-state index in [0.29, 0.717) is 25.3 Å². The molecule has 0 bridgehead atoms. The molecular formula is C15H30N2O3. The Labute approximate surface area is 122 Å². The smallest absolute Gasteiger partial charge is 0.326 e. The van der Waals surface area contributed by atoms with Crippen molar-refractivity contribution in [2.24, 2.45) is 11.7 Å². The Balaban J connectivity index is 4.13. The molecule has 0 fully saturated rings. The molecule has 4 N–H and O–H groups in total. The number of nitrogens with one attached hydrogen (secondary N) is 1. The van der Waals surface area contributed by atoms with Crippen LogP contribution in [0.5, 0.6) is 0 Å². The van der Waals surface area contributed by atoms with E-state index in [4.69, 9.17) is 10.8 Å². The van der Waals surface area contributed by atoms with Gasteiger partial charge in [0.15, 0.2) is 0 Å². The fraction of sp³-hybridized carbons (Fsp3) is 0.867. The summed E-state index contributed by atoms with van der Waals surface area (Å²) in [4.78, 5) is 22.9. The number of carbonyl (C=O) groups is 2. The van der Waals surface area contributed by atoms with Crippen LogP contribution in [-0.4, -0.2) is 29.6 Å². The lowest BCUT2D eigenvalue weighted by molar-refractivity contribution is -0.142. The third-order valence-electron chi connectivity index (χ3n) is 3.53. The average Bonchev–Trinajstić information content (AvgIpc) is 2.41. The van der Waals surface area contributed by atoms with Crippen molar-refractivity contribution in [3.8, 4) is 0 Å². The summed E-state index contributed by atoms with van der Waals surface area (Å²) in [6.07, 6.45) is 6.50. The van der Waals surface area contributed by atoms with Crippen molar-refractivity contribution in [2.45, 2.75) is 71.3 Å². The van der Waals surface area contributed by atoms with E-state index >= 15 is 0 Å². The number of hydrogen-bond acceptors (Lipinski definition) is 3. The topological polar surface area (TPSA) is 92.4 Å². The summed E-state index contributed by atoms with van der Waals surface area (Å²) >= 11 is 0. The van der Waals surface area contributed by atoms with Crippen molar-refractivity contribution in [2.75, 3.05) is 6.54 Å². The molecule has 0 rings (SSSR count). The summed E-state index contributed by atoms with van der Waals surface area (Å²) in [7, 11) is 0. The fourth-order valence-electron chi connectivity index (χ4n) is 2.34. The molecule has 0 aromatic rings. The molecule has 20 heavy (non-hydrogen) atoms. The normalized spacial score (nSPS) is 13.8. The predicted octanol–water partition coefficient (Wildman–Crippen LogP) is 2.29. The van der Waals surface area contributed by atoms with Gasteiger partial charge in [0.2, 0.25) is 5.91 Å². The molecule has 0 heterocycles. The number of carboxylic acids is 1. The Morgan fingerprint density at radius 1 is 1.10 bits per heavy atom. The first-order valence-electron chi connectivity index (χ1n) is 7.77. The van der Waals surface area contributed by atoms with Crippen LogP contribution in [0.4, 0.5) is 0 Å². The Hall–Kier alpha value is -1.10. The van der Waals surface area contributed by atoms with Crippen LogP contribution in [-0.2, 0) is 9.59 Å². The molecule has 0 aromatic heterocycles. The van der Waals surface area contributed by atoms with E-state index in [1.807, 2.05) is 6.92 Å². The van der Waals surface area contributed by atoms with Crippen LogP contribution in [0, 0.1) is 5.92 Å². The van der Waals surface area contributed by atoms with Crippen LogP contribution < -0.4 is 11.1 Å². The highest BCUT2D eigenvalue weighted by Crippen LogP contribution is 2.17. The van der Waals surface area contributed by atoms with E-state index in [1.54, 1.807) is 0 Å². The molecule has 0 spiro atoms. The molecule has 2 atom stereocenters.